The average molecular weight is 512 g/mol. The molecule has 1 saturated heterocycles. The highest BCUT2D eigenvalue weighted by atomic mass is 19.3. The Morgan fingerprint density at radius 2 is 1.38 bits per heavy atom. The number of halogens is 2. The van der Waals surface area contributed by atoms with E-state index in [4.69, 9.17) is 14.2 Å². The van der Waals surface area contributed by atoms with Gasteiger partial charge in [-0.2, -0.15) is 0 Å². The molecule has 0 spiro atoms. The zero-order valence-electron chi connectivity index (χ0n) is 19.9. The van der Waals surface area contributed by atoms with Crippen LogP contribution in [0, 0.1) is 0 Å². The van der Waals surface area contributed by atoms with Crippen molar-refractivity contribution in [1.82, 2.24) is 4.90 Å². The van der Waals surface area contributed by atoms with Crippen molar-refractivity contribution in [2.24, 2.45) is 0 Å². The van der Waals surface area contributed by atoms with Gasteiger partial charge in [0, 0.05) is 0 Å². The molecule has 0 saturated carbocycles. The zero-order chi connectivity index (χ0) is 26.3. The van der Waals surface area contributed by atoms with Crippen LogP contribution in [-0.2, 0) is 27.4 Å². The number of aliphatic hydroxyl groups is 1. The number of hydrogen-bond donors (Lipinski definition) is 1. The SMILES string of the molecule is O=C(OC[C@H]1N(C(=O)OCc2ccccc2)C[C@H](O)[C@@H](OCc2ccccc2)C1(F)F)c1ccccc1. The first-order valence-electron chi connectivity index (χ1n) is 11.8. The van der Waals surface area contributed by atoms with Crippen LogP contribution in [0.3, 0.4) is 0 Å². The summed E-state index contributed by atoms with van der Waals surface area (Å²) in [5.41, 5.74) is 1.48. The van der Waals surface area contributed by atoms with Gasteiger partial charge in [0.15, 0.2) is 6.10 Å². The summed E-state index contributed by atoms with van der Waals surface area (Å²) in [4.78, 5) is 26.1. The lowest BCUT2D eigenvalue weighted by Gasteiger charge is -2.46. The Hall–Kier alpha value is -3.82. The molecular weight excluding hydrogens is 484 g/mol. The summed E-state index contributed by atoms with van der Waals surface area (Å²) in [6.45, 7) is -1.63. The van der Waals surface area contributed by atoms with Crippen LogP contribution in [0.1, 0.15) is 21.5 Å². The molecule has 0 aliphatic carbocycles. The molecule has 1 N–H and O–H groups in total. The Labute approximate surface area is 213 Å². The number of amides is 1. The van der Waals surface area contributed by atoms with Crippen LogP contribution in [0.5, 0.6) is 0 Å². The Balaban J connectivity index is 1.52. The lowest BCUT2D eigenvalue weighted by atomic mass is 9.93. The molecule has 7 nitrogen and oxygen atoms in total. The van der Waals surface area contributed by atoms with E-state index in [1.165, 1.54) is 12.1 Å². The molecular formula is C28H27F2NO6. The Bertz CT molecular complexity index is 1160. The molecule has 4 rings (SSSR count). The maximum absolute atomic E-state index is 15.8. The molecule has 1 heterocycles. The van der Waals surface area contributed by atoms with Crippen molar-refractivity contribution in [3.63, 3.8) is 0 Å². The number of carbonyl (C=O) groups is 2. The summed E-state index contributed by atoms with van der Waals surface area (Å²) in [6.07, 6.45) is -4.71. The Morgan fingerprint density at radius 1 is 0.838 bits per heavy atom. The van der Waals surface area contributed by atoms with Crippen LogP contribution in [0.25, 0.3) is 0 Å². The van der Waals surface area contributed by atoms with Crippen molar-refractivity contribution in [3.8, 4) is 0 Å². The van der Waals surface area contributed by atoms with E-state index in [0.29, 0.717) is 16.0 Å². The molecule has 3 atom stereocenters. The topological polar surface area (TPSA) is 85.3 Å². The van der Waals surface area contributed by atoms with E-state index < -0.39 is 49.4 Å². The summed E-state index contributed by atoms with van der Waals surface area (Å²) in [5.74, 6) is -4.59. The van der Waals surface area contributed by atoms with Crippen LogP contribution < -0.4 is 0 Å². The maximum Gasteiger partial charge on any atom is 0.410 e. The predicted octanol–water partition coefficient (Wildman–Crippen LogP) is 4.45. The van der Waals surface area contributed by atoms with Crippen molar-refractivity contribution in [3.05, 3.63) is 108 Å². The molecule has 3 aromatic rings. The summed E-state index contributed by atoms with van der Waals surface area (Å²) in [6, 6.07) is 23.4. The number of β-amino-alcohol motifs (C(OH)–C–C–N with tert-alkyl or cyclic N) is 1. The number of alkyl halides is 2. The van der Waals surface area contributed by atoms with E-state index in [0.717, 1.165) is 0 Å². The molecule has 3 aromatic carbocycles. The zero-order valence-corrected chi connectivity index (χ0v) is 19.9. The van der Waals surface area contributed by atoms with Gasteiger partial charge in [0.25, 0.3) is 5.92 Å². The molecule has 0 bridgehead atoms. The third-order valence-corrected chi connectivity index (χ3v) is 6.03. The van der Waals surface area contributed by atoms with Crippen LogP contribution in [0.15, 0.2) is 91.0 Å². The van der Waals surface area contributed by atoms with Crippen molar-refractivity contribution in [2.45, 2.75) is 37.4 Å². The van der Waals surface area contributed by atoms with E-state index in [1.807, 2.05) is 0 Å². The summed E-state index contributed by atoms with van der Waals surface area (Å²) < 4.78 is 47.5. The number of aliphatic hydroxyl groups excluding tert-OH is 1. The van der Waals surface area contributed by atoms with Crippen molar-refractivity contribution < 1.29 is 37.7 Å². The van der Waals surface area contributed by atoms with Gasteiger partial charge in [-0.1, -0.05) is 78.9 Å². The first-order chi connectivity index (χ1) is 17.9. The highest BCUT2D eigenvalue weighted by Crippen LogP contribution is 2.37. The maximum atomic E-state index is 15.8. The summed E-state index contributed by atoms with van der Waals surface area (Å²) >= 11 is 0. The molecule has 0 aromatic heterocycles. The number of likely N-dealkylation sites (tertiary alicyclic amines) is 1. The third kappa shape index (κ3) is 6.49. The molecule has 9 heteroatoms. The normalized spacial score (nSPS) is 20.7. The van der Waals surface area contributed by atoms with Gasteiger partial charge in [0.05, 0.1) is 18.7 Å². The molecule has 194 valence electrons. The molecule has 37 heavy (non-hydrogen) atoms. The average Bonchev–Trinajstić information content (AvgIpc) is 2.92. The number of benzene rings is 3. The predicted molar refractivity (Wildman–Crippen MR) is 130 cm³/mol. The lowest BCUT2D eigenvalue weighted by Crippen LogP contribution is -2.68. The quantitative estimate of drug-likeness (QED) is 0.450. The van der Waals surface area contributed by atoms with Gasteiger partial charge in [0.2, 0.25) is 0 Å². The lowest BCUT2D eigenvalue weighted by molar-refractivity contribution is -0.242. The minimum absolute atomic E-state index is 0.150. The smallest absolute Gasteiger partial charge is 0.410 e. The van der Waals surface area contributed by atoms with Gasteiger partial charge >= 0.3 is 12.1 Å². The van der Waals surface area contributed by atoms with E-state index in [1.54, 1.807) is 78.9 Å². The number of esters is 1. The van der Waals surface area contributed by atoms with Gasteiger partial charge in [0.1, 0.15) is 25.4 Å². The van der Waals surface area contributed by atoms with Gasteiger partial charge < -0.3 is 19.3 Å². The molecule has 1 amide bonds. The second kappa shape index (κ2) is 11.9. The second-order valence-corrected chi connectivity index (χ2v) is 8.63. The van der Waals surface area contributed by atoms with E-state index in [2.05, 4.69) is 0 Å². The highest BCUT2D eigenvalue weighted by Gasteiger charge is 2.59. The molecule has 1 aliphatic heterocycles. The minimum Gasteiger partial charge on any atom is -0.460 e. The first-order valence-corrected chi connectivity index (χ1v) is 11.8. The number of nitrogens with zero attached hydrogens (tertiary/aromatic N) is 1. The standard InChI is InChI=1S/C28H27F2NO6/c29-28(30)24(19-36-26(33)22-14-8-3-9-15-22)31(27(34)37-18-21-12-6-2-7-13-21)16-23(32)25(28)35-17-20-10-4-1-5-11-20/h1-15,23-25,32H,16-19H2/t23-,24+,25+/m0/s1. The molecule has 1 aliphatic rings. The van der Waals surface area contributed by atoms with Crippen LogP contribution >= 0.6 is 0 Å². The number of rotatable bonds is 8. The van der Waals surface area contributed by atoms with Gasteiger partial charge in [-0.25, -0.2) is 18.4 Å². The fraction of sp³-hybridized carbons (Fsp3) is 0.286. The van der Waals surface area contributed by atoms with Crippen LogP contribution in [0.4, 0.5) is 13.6 Å². The van der Waals surface area contributed by atoms with E-state index >= 15 is 8.78 Å². The fourth-order valence-corrected chi connectivity index (χ4v) is 4.08. The van der Waals surface area contributed by atoms with Crippen molar-refractivity contribution >= 4 is 12.1 Å². The van der Waals surface area contributed by atoms with Crippen LogP contribution in [-0.4, -0.2) is 59.4 Å². The van der Waals surface area contributed by atoms with Gasteiger partial charge in [-0.05, 0) is 23.3 Å². The molecule has 0 unspecified atom stereocenters. The van der Waals surface area contributed by atoms with E-state index in [9.17, 15) is 14.7 Å². The van der Waals surface area contributed by atoms with Crippen LogP contribution in [0.2, 0.25) is 0 Å². The number of carbonyl (C=O) groups excluding carboxylic acids is 2. The fourth-order valence-electron chi connectivity index (χ4n) is 4.08. The summed E-state index contributed by atoms with van der Waals surface area (Å²) in [5, 5.41) is 10.6. The first kappa shape index (κ1) is 26.2. The number of ether oxygens (including phenoxy) is 3. The second-order valence-electron chi connectivity index (χ2n) is 8.63. The van der Waals surface area contributed by atoms with Gasteiger partial charge in [-0.15, -0.1) is 0 Å². The Morgan fingerprint density at radius 3 is 1.97 bits per heavy atom. The van der Waals surface area contributed by atoms with Gasteiger partial charge in [-0.3, -0.25) is 4.90 Å². The molecule has 1 fully saturated rings. The minimum atomic E-state index is -3.77. The third-order valence-electron chi connectivity index (χ3n) is 6.03. The molecule has 0 radical (unpaired) electrons. The Kier molecular flexibility index (Phi) is 8.47. The van der Waals surface area contributed by atoms with Crippen molar-refractivity contribution in [2.75, 3.05) is 13.2 Å². The monoisotopic (exact) mass is 511 g/mol. The number of piperidine rings is 1. The largest absolute Gasteiger partial charge is 0.460 e. The summed E-state index contributed by atoms with van der Waals surface area (Å²) in [7, 11) is 0. The van der Waals surface area contributed by atoms with E-state index in [-0.39, 0.29) is 18.8 Å². The van der Waals surface area contributed by atoms with Crippen molar-refractivity contribution in [1.29, 1.82) is 0 Å². The number of hydrogen-bond acceptors (Lipinski definition) is 6. The highest BCUT2D eigenvalue weighted by molar-refractivity contribution is 5.89.